The van der Waals surface area contributed by atoms with Crippen LogP contribution in [-0.2, 0) is 0 Å². The van der Waals surface area contributed by atoms with Gasteiger partial charge in [0.25, 0.3) is 5.91 Å². The molecule has 4 rings (SSSR count). The lowest BCUT2D eigenvalue weighted by Gasteiger charge is -2.08. The molecule has 8 nitrogen and oxygen atoms in total. The summed E-state index contributed by atoms with van der Waals surface area (Å²) < 4.78 is 7.42. The van der Waals surface area contributed by atoms with Gasteiger partial charge in [-0.15, -0.1) is 10.2 Å². The van der Waals surface area contributed by atoms with E-state index in [2.05, 4.69) is 20.5 Å². The number of carbonyl (C=O) groups is 1. The molecule has 8 heteroatoms. The summed E-state index contributed by atoms with van der Waals surface area (Å²) in [7, 11) is 0. The third kappa shape index (κ3) is 4.26. The molecule has 2 heterocycles. The first kappa shape index (κ1) is 17.9. The number of rotatable bonds is 5. The molecule has 0 bridgehead atoms. The van der Waals surface area contributed by atoms with Gasteiger partial charge in [0.1, 0.15) is 12.1 Å². The van der Waals surface area contributed by atoms with Crippen LogP contribution in [0.15, 0.2) is 79.4 Å². The Bertz CT molecular complexity index is 1160. The SMILES string of the molecule is N#Cc1cccc(C(=O)Nc2ccc(Oc3ccc(-n4ccnc4)nn3)cc2)c1. The van der Waals surface area contributed by atoms with Crippen molar-refractivity contribution >= 4 is 11.6 Å². The number of amides is 1. The standard InChI is InChI=1S/C21H14N6O2/c22-13-15-2-1-3-16(12-15)21(28)24-17-4-6-18(7-5-17)29-20-9-8-19(25-26-20)27-11-10-23-14-27/h1-12,14H,(H,24,28). The number of nitrogens with one attached hydrogen (secondary N) is 1. The minimum Gasteiger partial charge on any atom is -0.438 e. The molecule has 0 aliphatic heterocycles. The second kappa shape index (κ2) is 8.02. The Morgan fingerprint density at radius 3 is 2.62 bits per heavy atom. The van der Waals surface area contributed by atoms with Gasteiger partial charge in [-0.1, -0.05) is 6.07 Å². The van der Waals surface area contributed by atoms with Crippen molar-refractivity contribution in [3.05, 3.63) is 90.5 Å². The van der Waals surface area contributed by atoms with Gasteiger partial charge in [0.05, 0.1) is 11.6 Å². The van der Waals surface area contributed by atoms with Gasteiger partial charge in [-0.05, 0) is 48.5 Å². The quantitative estimate of drug-likeness (QED) is 0.565. The second-order valence-corrected chi connectivity index (χ2v) is 5.97. The maximum absolute atomic E-state index is 12.3. The number of benzene rings is 2. The second-order valence-electron chi connectivity index (χ2n) is 5.97. The molecular formula is C21H14N6O2. The van der Waals surface area contributed by atoms with E-state index < -0.39 is 0 Å². The van der Waals surface area contributed by atoms with Gasteiger partial charge < -0.3 is 10.1 Å². The Morgan fingerprint density at radius 1 is 1.07 bits per heavy atom. The number of hydrogen-bond acceptors (Lipinski definition) is 6. The third-order valence-electron chi connectivity index (χ3n) is 3.98. The van der Waals surface area contributed by atoms with Crippen LogP contribution < -0.4 is 10.1 Å². The zero-order chi connectivity index (χ0) is 20.1. The predicted octanol–water partition coefficient (Wildman–Crippen LogP) is 3.58. The van der Waals surface area contributed by atoms with Crippen molar-refractivity contribution in [1.29, 1.82) is 5.26 Å². The Balaban J connectivity index is 1.40. The average Bonchev–Trinajstić information content (AvgIpc) is 3.31. The lowest BCUT2D eigenvalue weighted by molar-refractivity contribution is 0.102. The lowest BCUT2D eigenvalue weighted by Crippen LogP contribution is -2.11. The molecule has 1 amide bonds. The summed E-state index contributed by atoms with van der Waals surface area (Å²) in [6.45, 7) is 0. The molecule has 1 N–H and O–H groups in total. The molecule has 2 aromatic carbocycles. The van der Waals surface area contributed by atoms with E-state index in [0.717, 1.165) is 0 Å². The Kier molecular flexibility index (Phi) is 4.95. The minimum absolute atomic E-state index is 0.295. The van der Waals surface area contributed by atoms with E-state index >= 15 is 0 Å². The van der Waals surface area contributed by atoms with Crippen molar-refractivity contribution in [2.75, 3.05) is 5.32 Å². The third-order valence-corrected chi connectivity index (χ3v) is 3.98. The van der Waals surface area contributed by atoms with Crippen LogP contribution in [0.3, 0.4) is 0 Å². The summed E-state index contributed by atoms with van der Waals surface area (Å²) in [6.07, 6.45) is 5.06. The molecule has 4 aromatic rings. The van der Waals surface area contributed by atoms with Gasteiger partial charge in [0.15, 0.2) is 5.82 Å². The van der Waals surface area contributed by atoms with Crippen LogP contribution in [0.4, 0.5) is 5.69 Å². The zero-order valence-corrected chi connectivity index (χ0v) is 15.1. The molecule has 0 unspecified atom stereocenters. The van der Waals surface area contributed by atoms with Gasteiger partial charge in [-0.2, -0.15) is 5.26 Å². The van der Waals surface area contributed by atoms with Crippen LogP contribution in [0.25, 0.3) is 5.82 Å². The number of anilines is 1. The van der Waals surface area contributed by atoms with Crippen molar-refractivity contribution in [1.82, 2.24) is 19.7 Å². The number of hydrogen-bond donors (Lipinski definition) is 1. The van der Waals surface area contributed by atoms with E-state index in [1.54, 1.807) is 84.0 Å². The first-order valence-electron chi connectivity index (χ1n) is 8.63. The van der Waals surface area contributed by atoms with Crippen molar-refractivity contribution in [3.63, 3.8) is 0 Å². The zero-order valence-electron chi connectivity index (χ0n) is 15.1. The molecular weight excluding hydrogens is 368 g/mol. The Labute approximate surface area is 166 Å². The molecule has 0 aliphatic rings. The molecule has 0 radical (unpaired) electrons. The van der Waals surface area contributed by atoms with Crippen LogP contribution >= 0.6 is 0 Å². The fourth-order valence-corrected chi connectivity index (χ4v) is 2.56. The fourth-order valence-electron chi connectivity index (χ4n) is 2.56. The number of ether oxygens (including phenoxy) is 1. The monoisotopic (exact) mass is 382 g/mol. The number of nitriles is 1. The van der Waals surface area contributed by atoms with Gasteiger partial charge in [-0.3, -0.25) is 9.36 Å². The molecule has 0 aliphatic carbocycles. The Hall–Kier alpha value is -4.51. The molecule has 0 saturated carbocycles. The van der Waals surface area contributed by atoms with Crippen LogP contribution in [0.1, 0.15) is 15.9 Å². The summed E-state index contributed by atoms with van der Waals surface area (Å²) in [6, 6.07) is 18.9. The fraction of sp³-hybridized carbons (Fsp3) is 0. The number of imidazole rings is 1. The van der Waals surface area contributed by atoms with Gasteiger partial charge >= 0.3 is 0 Å². The largest absolute Gasteiger partial charge is 0.438 e. The highest BCUT2D eigenvalue weighted by molar-refractivity contribution is 6.04. The van der Waals surface area contributed by atoms with E-state index in [-0.39, 0.29) is 5.91 Å². The first-order valence-corrected chi connectivity index (χ1v) is 8.63. The van der Waals surface area contributed by atoms with E-state index in [1.807, 2.05) is 6.07 Å². The highest BCUT2D eigenvalue weighted by Gasteiger charge is 2.08. The molecule has 0 fully saturated rings. The van der Waals surface area contributed by atoms with Crippen LogP contribution in [0.2, 0.25) is 0 Å². The first-order chi connectivity index (χ1) is 14.2. The van der Waals surface area contributed by atoms with Gasteiger partial charge in [0, 0.05) is 29.7 Å². The Morgan fingerprint density at radius 2 is 1.93 bits per heavy atom. The highest BCUT2D eigenvalue weighted by Crippen LogP contribution is 2.22. The maximum atomic E-state index is 12.3. The predicted molar refractivity (Wildman–Crippen MR) is 105 cm³/mol. The van der Waals surface area contributed by atoms with Gasteiger partial charge in [0.2, 0.25) is 5.88 Å². The van der Waals surface area contributed by atoms with Crippen LogP contribution in [0, 0.1) is 11.3 Å². The topological polar surface area (TPSA) is 106 Å². The number of carbonyl (C=O) groups excluding carboxylic acids is 1. The smallest absolute Gasteiger partial charge is 0.255 e. The van der Waals surface area contributed by atoms with Crippen molar-refractivity contribution in [3.8, 4) is 23.5 Å². The van der Waals surface area contributed by atoms with E-state index in [1.165, 1.54) is 0 Å². The molecule has 2 aromatic heterocycles. The highest BCUT2D eigenvalue weighted by atomic mass is 16.5. The van der Waals surface area contributed by atoms with E-state index in [0.29, 0.717) is 34.3 Å². The molecule has 0 saturated heterocycles. The maximum Gasteiger partial charge on any atom is 0.255 e. The normalized spacial score (nSPS) is 10.2. The molecule has 29 heavy (non-hydrogen) atoms. The van der Waals surface area contributed by atoms with E-state index in [9.17, 15) is 4.79 Å². The van der Waals surface area contributed by atoms with Crippen LogP contribution in [0.5, 0.6) is 11.6 Å². The van der Waals surface area contributed by atoms with Gasteiger partial charge in [-0.25, -0.2) is 4.98 Å². The molecule has 0 atom stereocenters. The van der Waals surface area contributed by atoms with Crippen molar-refractivity contribution in [2.24, 2.45) is 0 Å². The summed E-state index contributed by atoms with van der Waals surface area (Å²) in [5.41, 5.74) is 1.45. The van der Waals surface area contributed by atoms with Crippen molar-refractivity contribution < 1.29 is 9.53 Å². The molecule has 140 valence electrons. The number of aromatic nitrogens is 4. The summed E-state index contributed by atoms with van der Waals surface area (Å²) >= 11 is 0. The molecule has 0 spiro atoms. The summed E-state index contributed by atoms with van der Waals surface area (Å²) in [4.78, 5) is 16.3. The van der Waals surface area contributed by atoms with E-state index in [4.69, 9.17) is 10.00 Å². The van der Waals surface area contributed by atoms with Crippen molar-refractivity contribution in [2.45, 2.75) is 0 Å². The lowest BCUT2D eigenvalue weighted by atomic mass is 10.1. The van der Waals surface area contributed by atoms with Crippen LogP contribution in [-0.4, -0.2) is 25.7 Å². The number of nitrogens with zero attached hydrogens (tertiary/aromatic N) is 5. The summed E-state index contributed by atoms with van der Waals surface area (Å²) in [5, 5.41) is 19.9. The summed E-state index contributed by atoms with van der Waals surface area (Å²) in [5.74, 6) is 1.24. The minimum atomic E-state index is -0.295. The average molecular weight is 382 g/mol.